The molecule has 2 aliphatic heterocycles. The van der Waals surface area contributed by atoms with E-state index in [-0.39, 0.29) is 5.54 Å². The Morgan fingerprint density at radius 1 is 1.05 bits per heavy atom. The second-order valence-electron chi connectivity index (χ2n) is 5.24. The van der Waals surface area contributed by atoms with E-state index >= 15 is 0 Å². The number of ketones is 1. The highest BCUT2D eigenvalue weighted by Crippen LogP contribution is 2.42. The summed E-state index contributed by atoms with van der Waals surface area (Å²) >= 11 is 0. The number of benzene rings is 1. The van der Waals surface area contributed by atoms with Crippen molar-refractivity contribution in [1.29, 1.82) is 0 Å². The van der Waals surface area contributed by atoms with E-state index in [9.17, 15) is 4.79 Å². The number of piperidine rings is 1. The summed E-state index contributed by atoms with van der Waals surface area (Å²) in [5.74, 6) is 0.323. The molecule has 0 saturated carbocycles. The molecule has 104 valence electrons. The number of rotatable bonds is 0. The topological polar surface area (TPSA) is 23.6 Å². The van der Waals surface area contributed by atoms with Gasteiger partial charge in [-0.05, 0) is 32.0 Å². The molecule has 3 rings (SSSR count). The Labute approximate surface area is 116 Å². The van der Waals surface area contributed by atoms with Crippen molar-refractivity contribution in [2.45, 2.75) is 32.2 Å². The highest BCUT2D eigenvalue weighted by atomic mass is 16.1. The SMILES string of the molecule is CC.CN1CCC2(CC1)C(=O)c1ccccc1N2C. The van der Waals surface area contributed by atoms with Gasteiger partial charge in [0.15, 0.2) is 5.78 Å². The molecular weight excluding hydrogens is 236 g/mol. The standard InChI is InChI=1S/C14H18N2O.C2H6/c1-15-9-7-14(8-10-15)13(17)11-5-3-4-6-12(11)16(14)2;1-2/h3-6H,7-10H2,1-2H3;1-2H3. The van der Waals surface area contributed by atoms with Gasteiger partial charge in [0.05, 0.1) is 0 Å². The lowest BCUT2D eigenvalue weighted by atomic mass is 9.83. The van der Waals surface area contributed by atoms with Gasteiger partial charge in [-0.25, -0.2) is 0 Å². The zero-order chi connectivity index (χ0) is 14.0. The minimum Gasteiger partial charge on any atom is -0.361 e. The van der Waals surface area contributed by atoms with Crippen molar-refractivity contribution < 1.29 is 4.79 Å². The maximum atomic E-state index is 12.6. The van der Waals surface area contributed by atoms with Gasteiger partial charge in [0.25, 0.3) is 0 Å². The minimum absolute atomic E-state index is 0.268. The Morgan fingerprint density at radius 2 is 1.63 bits per heavy atom. The van der Waals surface area contributed by atoms with Gasteiger partial charge < -0.3 is 9.80 Å². The summed E-state index contributed by atoms with van der Waals surface area (Å²) in [7, 11) is 4.19. The molecule has 3 heteroatoms. The van der Waals surface area contributed by atoms with E-state index in [1.807, 2.05) is 32.0 Å². The van der Waals surface area contributed by atoms with Gasteiger partial charge in [-0.2, -0.15) is 0 Å². The van der Waals surface area contributed by atoms with Crippen LogP contribution in [-0.4, -0.2) is 43.4 Å². The van der Waals surface area contributed by atoms with Crippen LogP contribution < -0.4 is 4.90 Å². The molecule has 0 radical (unpaired) electrons. The van der Waals surface area contributed by atoms with Gasteiger partial charge in [-0.15, -0.1) is 0 Å². The molecule has 1 aromatic carbocycles. The molecule has 0 atom stereocenters. The second kappa shape index (κ2) is 5.33. The zero-order valence-corrected chi connectivity index (χ0v) is 12.4. The van der Waals surface area contributed by atoms with Crippen molar-refractivity contribution in [3.8, 4) is 0 Å². The van der Waals surface area contributed by atoms with Crippen molar-refractivity contribution in [2.75, 3.05) is 32.1 Å². The van der Waals surface area contributed by atoms with Crippen LogP contribution >= 0.6 is 0 Å². The Balaban J connectivity index is 0.000000637. The third-order valence-corrected chi connectivity index (χ3v) is 4.39. The molecule has 1 spiro atoms. The van der Waals surface area contributed by atoms with Gasteiger partial charge in [0.2, 0.25) is 0 Å². The van der Waals surface area contributed by atoms with Crippen molar-refractivity contribution in [2.24, 2.45) is 0 Å². The Hall–Kier alpha value is -1.35. The van der Waals surface area contributed by atoms with Gasteiger partial charge >= 0.3 is 0 Å². The van der Waals surface area contributed by atoms with Crippen LogP contribution in [0.3, 0.4) is 0 Å². The number of carbonyl (C=O) groups is 1. The molecule has 0 aliphatic carbocycles. The average molecular weight is 260 g/mol. The van der Waals surface area contributed by atoms with Gasteiger partial charge in [0.1, 0.15) is 5.54 Å². The van der Waals surface area contributed by atoms with E-state index in [2.05, 4.69) is 30.0 Å². The first kappa shape index (κ1) is 14.1. The summed E-state index contributed by atoms with van der Waals surface area (Å²) in [6.45, 7) is 6.01. The number of nitrogens with zero attached hydrogens (tertiary/aromatic N) is 2. The molecule has 0 aromatic heterocycles. The molecule has 3 nitrogen and oxygen atoms in total. The molecule has 2 aliphatic rings. The highest BCUT2D eigenvalue weighted by Gasteiger charge is 2.50. The second-order valence-corrected chi connectivity index (χ2v) is 5.24. The fourth-order valence-corrected chi connectivity index (χ4v) is 3.14. The van der Waals surface area contributed by atoms with Crippen LogP contribution in [0.15, 0.2) is 24.3 Å². The van der Waals surface area contributed by atoms with Crippen molar-refractivity contribution >= 4 is 11.5 Å². The Morgan fingerprint density at radius 3 is 2.21 bits per heavy atom. The third kappa shape index (κ3) is 2.06. The fourth-order valence-electron chi connectivity index (χ4n) is 3.14. The quantitative estimate of drug-likeness (QED) is 0.716. The van der Waals surface area contributed by atoms with Crippen molar-refractivity contribution in [1.82, 2.24) is 4.90 Å². The average Bonchev–Trinajstić information content (AvgIpc) is 2.68. The van der Waals surface area contributed by atoms with Crippen LogP contribution in [0.4, 0.5) is 5.69 Å². The van der Waals surface area contributed by atoms with Crippen LogP contribution in [0.1, 0.15) is 37.0 Å². The first-order valence-corrected chi connectivity index (χ1v) is 7.21. The maximum Gasteiger partial charge on any atom is 0.190 e. The lowest BCUT2D eigenvalue weighted by molar-refractivity contribution is 0.0822. The molecule has 1 fully saturated rings. The summed E-state index contributed by atoms with van der Waals surface area (Å²) in [4.78, 5) is 17.1. The number of hydrogen-bond donors (Lipinski definition) is 0. The van der Waals surface area contributed by atoms with E-state index in [4.69, 9.17) is 0 Å². The maximum absolute atomic E-state index is 12.6. The normalized spacial score (nSPS) is 21.1. The summed E-state index contributed by atoms with van der Waals surface area (Å²) in [6, 6.07) is 7.98. The predicted molar refractivity (Wildman–Crippen MR) is 80.0 cm³/mol. The Kier molecular flexibility index (Phi) is 3.95. The number of likely N-dealkylation sites (tertiary alicyclic amines) is 1. The van der Waals surface area contributed by atoms with Crippen LogP contribution in [0.25, 0.3) is 0 Å². The largest absolute Gasteiger partial charge is 0.361 e. The molecule has 0 bridgehead atoms. The molecular formula is C16H24N2O. The fraction of sp³-hybridized carbons (Fsp3) is 0.562. The van der Waals surface area contributed by atoms with E-state index in [1.54, 1.807) is 0 Å². The van der Waals surface area contributed by atoms with Gasteiger partial charge in [0, 0.05) is 31.4 Å². The first-order chi connectivity index (χ1) is 9.15. The van der Waals surface area contributed by atoms with E-state index in [0.29, 0.717) is 5.78 Å². The number of hydrogen-bond acceptors (Lipinski definition) is 3. The van der Waals surface area contributed by atoms with Gasteiger partial charge in [-0.1, -0.05) is 26.0 Å². The molecule has 1 saturated heterocycles. The van der Waals surface area contributed by atoms with Crippen molar-refractivity contribution in [3.63, 3.8) is 0 Å². The number of Topliss-reactive ketones (excluding diaryl/α,β-unsaturated/α-hetero) is 1. The molecule has 2 heterocycles. The van der Waals surface area contributed by atoms with E-state index in [1.165, 1.54) is 0 Å². The van der Waals surface area contributed by atoms with E-state index < -0.39 is 0 Å². The summed E-state index contributed by atoms with van der Waals surface area (Å²) in [6.07, 6.45) is 1.88. The molecule has 19 heavy (non-hydrogen) atoms. The minimum atomic E-state index is -0.268. The number of likely N-dealkylation sites (N-methyl/N-ethyl adjacent to an activating group) is 1. The number of anilines is 1. The lowest BCUT2D eigenvalue weighted by Crippen LogP contribution is -2.55. The molecule has 0 unspecified atom stereocenters. The molecule has 0 amide bonds. The lowest BCUT2D eigenvalue weighted by Gasteiger charge is -2.42. The van der Waals surface area contributed by atoms with Crippen LogP contribution in [0, 0.1) is 0 Å². The molecule has 0 N–H and O–H groups in total. The number of carbonyl (C=O) groups excluding carboxylic acids is 1. The van der Waals surface area contributed by atoms with Crippen LogP contribution in [0.2, 0.25) is 0 Å². The Bertz CT molecular complexity index is 462. The summed E-state index contributed by atoms with van der Waals surface area (Å²) in [5.41, 5.74) is 1.73. The predicted octanol–water partition coefficient (Wildman–Crippen LogP) is 2.81. The first-order valence-electron chi connectivity index (χ1n) is 7.21. The zero-order valence-electron chi connectivity index (χ0n) is 12.4. The molecule has 1 aromatic rings. The number of para-hydroxylation sites is 1. The van der Waals surface area contributed by atoms with Crippen LogP contribution in [-0.2, 0) is 0 Å². The van der Waals surface area contributed by atoms with E-state index in [0.717, 1.165) is 37.2 Å². The monoisotopic (exact) mass is 260 g/mol. The smallest absolute Gasteiger partial charge is 0.190 e. The number of fused-ring (bicyclic) bond motifs is 1. The van der Waals surface area contributed by atoms with Crippen LogP contribution in [0.5, 0.6) is 0 Å². The summed E-state index contributed by atoms with van der Waals surface area (Å²) in [5, 5.41) is 0. The third-order valence-electron chi connectivity index (χ3n) is 4.39. The van der Waals surface area contributed by atoms with Gasteiger partial charge in [-0.3, -0.25) is 4.79 Å². The summed E-state index contributed by atoms with van der Waals surface area (Å²) < 4.78 is 0. The van der Waals surface area contributed by atoms with Crippen molar-refractivity contribution in [3.05, 3.63) is 29.8 Å². The highest BCUT2D eigenvalue weighted by molar-refractivity contribution is 6.13.